The molecule has 0 atom stereocenters. The van der Waals surface area contributed by atoms with Gasteiger partial charge < -0.3 is 4.57 Å². The van der Waals surface area contributed by atoms with E-state index in [1.54, 1.807) is 11.6 Å². The minimum Gasteiger partial charge on any atom is -0.302 e. The highest BCUT2D eigenvalue weighted by atomic mass is 32.1. The van der Waals surface area contributed by atoms with Crippen LogP contribution >= 0.6 is 11.3 Å². The maximum Gasteiger partial charge on any atom is 0.307 e. The van der Waals surface area contributed by atoms with Crippen molar-refractivity contribution in [3.63, 3.8) is 0 Å². The Balaban J connectivity index is 2.98. The maximum atomic E-state index is 11.2. The zero-order valence-electron chi connectivity index (χ0n) is 7.00. The molecule has 1 heterocycles. The van der Waals surface area contributed by atoms with Crippen molar-refractivity contribution in [2.45, 2.75) is 0 Å². The van der Waals surface area contributed by atoms with Crippen LogP contribution in [0.25, 0.3) is 10.2 Å². The Bertz CT molecular complexity index is 485. The second-order valence-electron chi connectivity index (χ2n) is 2.90. The Labute approximate surface area is 74.9 Å². The number of rotatable bonds is 0. The minimum absolute atomic E-state index is 0.107. The molecule has 60 valence electrons. The van der Waals surface area contributed by atoms with Gasteiger partial charge in [-0.25, -0.2) is 0 Å². The van der Waals surface area contributed by atoms with Crippen LogP contribution in [0, 0.1) is 0 Å². The summed E-state index contributed by atoms with van der Waals surface area (Å²) in [5, 5.41) is 0. The lowest BCUT2D eigenvalue weighted by Gasteiger charge is -1.94. The maximum absolute atomic E-state index is 11.2. The van der Waals surface area contributed by atoms with E-state index in [0.29, 0.717) is 0 Å². The van der Waals surface area contributed by atoms with Gasteiger partial charge in [-0.05, 0) is 12.1 Å². The average Bonchev–Trinajstić information content (AvgIpc) is 2.31. The second kappa shape index (κ2) is 2.49. The third kappa shape index (κ3) is 0.993. The lowest BCUT2D eigenvalue weighted by atomic mass is 9.96. The summed E-state index contributed by atoms with van der Waals surface area (Å²) in [6.45, 7) is 0. The summed E-state index contributed by atoms with van der Waals surface area (Å²) in [4.78, 5) is 11.3. The van der Waals surface area contributed by atoms with Crippen molar-refractivity contribution in [2.75, 3.05) is 0 Å². The Morgan fingerprint density at radius 1 is 1.50 bits per heavy atom. The van der Waals surface area contributed by atoms with Crippen LogP contribution in [0.1, 0.15) is 0 Å². The lowest BCUT2D eigenvalue weighted by molar-refractivity contribution is 0.939. The number of thiazole rings is 1. The summed E-state index contributed by atoms with van der Waals surface area (Å²) in [5.74, 6) is 0. The second-order valence-corrected chi connectivity index (χ2v) is 3.89. The molecule has 4 heteroatoms. The van der Waals surface area contributed by atoms with E-state index >= 15 is 0 Å². The van der Waals surface area contributed by atoms with E-state index in [1.165, 1.54) is 16.8 Å². The predicted molar refractivity (Wildman–Crippen MR) is 55.2 cm³/mol. The van der Waals surface area contributed by atoms with Crippen LogP contribution in [0.4, 0.5) is 0 Å². The number of aromatic nitrogens is 1. The Morgan fingerprint density at radius 3 is 3.00 bits per heavy atom. The van der Waals surface area contributed by atoms with Crippen LogP contribution in [0.3, 0.4) is 0 Å². The predicted octanol–water partition coefficient (Wildman–Crippen LogP) is -0.142. The van der Waals surface area contributed by atoms with E-state index in [9.17, 15) is 4.79 Å². The summed E-state index contributed by atoms with van der Waals surface area (Å²) < 4.78 is 2.75. The first-order valence-corrected chi connectivity index (χ1v) is 4.56. The van der Waals surface area contributed by atoms with Crippen LogP contribution in [-0.2, 0) is 7.05 Å². The van der Waals surface area contributed by atoms with Crippen molar-refractivity contribution in [3.8, 4) is 0 Å². The fourth-order valence-corrected chi connectivity index (χ4v) is 2.10. The number of aryl methyl sites for hydroxylation is 1. The van der Waals surface area contributed by atoms with Gasteiger partial charge in [0, 0.05) is 7.05 Å². The summed E-state index contributed by atoms with van der Waals surface area (Å²) in [7, 11) is 3.84. The van der Waals surface area contributed by atoms with Crippen molar-refractivity contribution in [3.05, 3.63) is 27.9 Å². The molecular formula is C8H8BNOS. The molecule has 0 aliphatic carbocycles. The lowest BCUT2D eigenvalue weighted by Crippen LogP contribution is -2.08. The van der Waals surface area contributed by atoms with Crippen LogP contribution in [-0.4, -0.2) is 12.4 Å². The molecule has 1 aromatic carbocycles. The van der Waals surface area contributed by atoms with Crippen LogP contribution in [0.5, 0.6) is 0 Å². The van der Waals surface area contributed by atoms with Gasteiger partial charge in [-0.15, -0.1) is 0 Å². The molecule has 0 radical (unpaired) electrons. The largest absolute Gasteiger partial charge is 0.307 e. The quantitative estimate of drug-likeness (QED) is 0.513. The van der Waals surface area contributed by atoms with Gasteiger partial charge in [0.2, 0.25) is 0 Å². The number of hydrogen-bond acceptors (Lipinski definition) is 2. The van der Waals surface area contributed by atoms with Crippen LogP contribution in [0.2, 0.25) is 0 Å². The first-order chi connectivity index (χ1) is 5.68. The Morgan fingerprint density at radius 2 is 2.25 bits per heavy atom. The van der Waals surface area contributed by atoms with Crippen molar-refractivity contribution < 1.29 is 0 Å². The molecular weight excluding hydrogens is 169 g/mol. The summed E-state index contributed by atoms with van der Waals surface area (Å²) >= 11 is 1.29. The Hall–Kier alpha value is -1.03. The number of benzene rings is 1. The van der Waals surface area contributed by atoms with Gasteiger partial charge in [0.1, 0.15) is 7.85 Å². The third-order valence-electron chi connectivity index (χ3n) is 1.95. The van der Waals surface area contributed by atoms with E-state index < -0.39 is 0 Å². The molecule has 0 aliphatic heterocycles. The van der Waals surface area contributed by atoms with Gasteiger partial charge >= 0.3 is 4.87 Å². The van der Waals surface area contributed by atoms with Crippen LogP contribution < -0.4 is 10.3 Å². The van der Waals surface area contributed by atoms with E-state index in [1.807, 2.05) is 26.0 Å². The molecule has 0 saturated carbocycles. The summed E-state index contributed by atoms with van der Waals surface area (Å²) in [5.41, 5.74) is 2.22. The number of nitrogens with zero attached hydrogens (tertiary/aromatic N) is 1. The monoisotopic (exact) mass is 177 g/mol. The van der Waals surface area contributed by atoms with E-state index in [4.69, 9.17) is 0 Å². The van der Waals surface area contributed by atoms with Crippen molar-refractivity contribution in [2.24, 2.45) is 7.05 Å². The molecule has 0 spiro atoms. The molecule has 12 heavy (non-hydrogen) atoms. The molecule has 0 amide bonds. The number of hydrogen-bond donors (Lipinski definition) is 0. The van der Waals surface area contributed by atoms with Crippen molar-refractivity contribution in [1.29, 1.82) is 0 Å². The van der Waals surface area contributed by atoms with Gasteiger partial charge in [0.25, 0.3) is 0 Å². The Kier molecular flexibility index (Phi) is 1.58. The zero-order valence-corrected chi connectivity index (χ0v) is 7.81. The van der Waals surface area contributed by atoms with E-state index in [2.05, 4.69) is 0 Å². The molecule has 0 saturated heterocycles. The molecule has 0 aliphatic rings. The third-order valence-corrected chi connectivity index (χ3v) is 2.96. The highest BCUT2D eigenvalue weighted by Crippen LogP contribution is 2.13. The SMILES string of the molecule is Bc1ccc2sc(=O)n(C)c2c1. The van der Waals surface area contributed by atoms with Crippen LogP contribution in [0.15, 0.2) is 23.0 Å². The topological polar surface area (TPSA) is 22.0 Å². The molecule has 2 rings (SSSR count). The minimum atomic E-state index is 0.107. The molecule has 2 nitrogen and oxygen atoms in total. The van der Waals surface area contributed by atoms with Gasteiger partial charge in [-0.3, -0.25) is 4.79 Å². The fraction of sp³-hybridized carbons (Fsp3) is 0.125. The summed E-state index contributed by atoms with van der Waals surface area (Å²) in [6, 6.07) is 6.06. The van der Waals surface area contributed by atoms with Gasteiger partial charge in [0.05, 0.1) is 10.2 Å². The van der Waals surface area contributed by atoms with Crippen molar-refractivity contribution in [1.82, 2.24) is 4.57 Å². The zero-order chi connectivity index (χ0) is 8.72. The molecule has 0 bridgehead atoms. The molecule has 0 fully saturated rings. The van der Waals surface area contributed by atoms with E-state index in [-0.39, 0.29) is 4.87 Å². The van der Waals surface area contributed by atoms with Gasteiger partial charge in [-0.2, -0.15) is 0 Å². The van der Waals surface area contributed by atoms with E-state index in [0.717, 1.165) is 10.2 Å². The first kappa shape index (κ1) is 7.62. The number of fused-ring (bicyclic) bond motifs is 1. The highest BCUT2D eigenvalue weighted by molar-refractivity contribution is 7.16. The molecule has 0 unspecified atom stereocenters. The van der Waals surface area contributed by atoms with Crippen molar-refractivity contribution >= 4 is 34.9 Å². The van der Waals surface area contributed by atoms with Gasteiger partial charge in [-0.1, -0.05) is 22.9 Å². The smallest absolute Gasteiger partial charge is 0.302 e. The highest BCUT2D eigenvalue weighted by Gasteiger charge is 2.02. The molecule has 2 aromatic rings. The normalized spacial score (nSPS) is 10.8. The fourth-order valence-electron chi connectivity index (χ4n) is 1.24. The molecule has 0 N–H and O–H groups in total. The summed E-state index contributed by atoms with van der Waals surface area (Å²) in [6.07, 6.45) is 0. The first-order valence-electron chi connectivity index (χ1n) is 3.74. The average molecular weight is 177 g/mol. The molecule has 1 aromatic heterocycles. The van der Waals surface area contributed by atoms with Gasteiger partial charge in [0.15, 0.2) is 0 Å². The standard InChI is InChI=1S/C8H8BNOS/c1-10-6-4-5(9)2-3-7(6)12-8(10)11/h2-4H,9H2,1H3.